The molecule has 4 nitrogen and oxygen atoms in total. The van der Waals surface area contributed by atoms with E-state index >= 15 is 0 Å². The monoisotopic (exact) mass is 224 g/mol. The van der Waals surface area contributed by atoms with Gasteiger partial charge in [-0.05, 0) is 24.3 Å². The third-order valence-electron chi connectivity index (χ3n) is 2.47. The highest BCUT2D eigenvalue weighted by Crippen LogP contribution is 2.19. The predicted molar refractivity (Wildman–Crippen MR) is 63.5 cm³/mol. The Bertz CT molecular complexity index is 720. The summed E-state index contributed by atoms with van der Waals surface area (Å²) in [5, 5.41) is 0.491. The molecule has 4 heteroatoms. The van der Waals surface area contributed by atoms with Gasteiger partial charge in [0, 0.05) is 30.2 Å². The zero-order valence-electron chi connectivity index (χ0n) is 8.83. The second kappa shape index (κ2) is 3.83. The molecular weight excluding hydrogens is 216 g/mol. The van der Waals surface area contributed by atoms with Gasteiger partial charge < -0.3 is 4.42 Å². The molecule has 0 amide bonds. The Balaban J connectivity index is 2.30. The average molecular weight is 224 g/mol. The number of hydrogen-bond donors (Lipinski definition) is 0. The molecule has 0 saturated carbocycles. The molecule has 0 fully saturated rings. The van der Waals surface area contributed by atoms with Gasteiger partial charge in [0.05, 0.1) is 5.39 Å². The van der Waals surface area contributed by atoms with Crippen LogP contribution in [0, 0.1) is 0 Å². The van der Waals surface area contributed by atoms with Gasteiger partial charge in [0.1, 0.15) is 5.76 Å². The Morgan fingerprint density at radius 3 is 2.71 bits per heavy atom. The first-order chi connectivity index (χ1) is 8.34. The van der Waals surface area contributed by atoms with Crippen LogP contribution in [0.3, 0.4) is 0 Å². The molecule has 0 spiro atoms. The van der Waals surface area contributed by atoms with Crippen molar-refractivity contribution in [2.45, 2.75) is 0 Å². The van der Waals surface area contributed by atoms with Crippen LogP contribution in [0.4, 0.5) is 0 Å². The van der Waals surface area contributed by atoms with Crippen molar-refractivity contribution in [3.8, 4) is 11.3 Å². The van der Waals surface area contributed by atoms with Crippen molar-refractivity contribution in [3.63, 3.8) is 0 Å². The maximum absolute atomic E-state index is 11.9. The van der Waals surface area contributed by atoms with Crippen molar-refractivity contribution >= 4 is 11.1 Å². The summed E-state index contributed by atoms with van der Waals surface area (Å²) in [4.78, 5) is 19.8. The van der Waals surface area contributed by atoms with Crippen LogP contribution in [0.15, 0.2) is 58.1 Å². The lowest BCUT2D eigenvalue weighted by Crippen LogP contribution is -2.00. The smallest absolute Gasteiger partial charge is 0.230 e. The number of pyridine rings is 2. The quantitative estimate of drug-likeness (QED) is 0.636. The molecular formula is C13H8N2O2. The van der Waals surface area contributed by atoms with Crippen molar-refractivity contribution in [3.05, 3.63) is 59.1 Å². The van der Waals surface area contributed by atoms with Gasteiger partial charge in [-0.1, -0.05) is 0 Å². The molecule has 3 rings (SSSR count). The van der Waals surface area contributed by atoms with Crippen LogP contribution in [0.5, 0.6) is 0 Å². The summed E-state index contributed by atoms with van der Waals surface area (Å²) >= 11 is 0. The van der Waals surface area contributed by atoms with E-state index in [0.717, 1.165) is 5.56 Å². The van der Waals surface area contributed by atoms with Crippen molar-refractivity contribution in [1.29, 1.82) is 0 Å². The molecule has 0 aliphatic rings. The molecule has 3 aromatic heterocycles. The van der Waals surface area contributed by atoms with Crippen LogP contribution in [0.2, 0.25) is 0 Å². The lowest BCUT2D eigenvalue weighted by atomic mass is 10.2. The van der Waals surface area contributed by atoms with E-state index in [1.807, 2.05) is 0 Å². The zero-order valence-corrected chi connectivity index (χ0v) is 8.83. The molecule has 0 aromatic carbocycles. The Labute approximate surface area is 96.6 Å². The third-order valence-corrected chi connectivity index (χ3v) is 2.47. The second-order valence-corrected chi connectivity index (χ2v) is 3.57. The minimum atomic E-state index is -0.0915. The van der Waals surface area contributed by atoms with Gasteiger partial charge in [-0.2, -0.15) is 0 Å². The number of fused-ring (bicyclic) bond motifs is 1. The van der Waals surface area contributed by atoms with E-state index in [1.54, 1.807) is 42.9 Å². The third kappa shape index (κ3) is 1.69. The molecule has 0 bridgehead atoms. The van der Waals surface area contributed by atoms with Gasteiger partial charge in [0.15, 0.2) is 5.43 Å². The van der Waals surface area contributed by atoms with E-state index in [4.69, 9.17) is 4.42 Å². The second-order valence-electron chi connectivity index (χ2n) is 3.57. The van der Waals surface area contributed by atoms with E-state index in [9.17, 15) is 4.79 Å². The van der Waals surface area contributed by atoms with Crippen LogP contribution in [-0.2, 0) is 0 Å². The highest BCUT2D eigenvalue weighted by molar-refractivity contribution is 5.74. The fourth-order valence-corrected chi connectivity index (χ4v) is 1.65. The molecule has 0 unspecified atom stereocenters. The number of aromatic nitrogens is 2. The fourth-order valence-electron chi connectivity index (χ4n) is 1.65. The van der Waals surface area contributed by atoms with Crippen LogP contribution < -0.4 is 5.43 Å². The summed E-state index contributed by atoms with van der Waals surface area (Å²) in [5.41, 5.74) is 1.07. The molecule has 82 valence electrons. The molecule has 3 aromatic rings. The minimum Gasteiger partial charge on any atom is -0.437 e. The molecule has 0 aliphatic carbocycles. The van der Waals surface area contributed by atoms with Crippen molar-refractivity contribution in [1.82, 2.24) is 9.97 Å². The molecule has 0 N–H and O–H groups in total. The van der Waals surface area contributed by atoms with E-state index < -0.39 is 0 Å². The summed E-state index contributed by atoms with van der Waals surface area (Å²) in [5.74, 6) is 0.503. The molecule has 0 aliphatic heterocycles. The fraction of sp³-hybridized carbons (Fsp3) is 0. The normalized spacial score (nSPS) is 10.6. The molecule has 0 atom stereocenters. The number of rotatable bonds is 1. The first-order valence-electron chi connectivity index (χ1n) is 5.14. The van der Waals surface area contributed by atoms with Crippen molar-refractivity contribution in [2.24, 2.45) is 0 Å². The summed E-state index contributed by atoms with van der Waals surface area (Å²) < 4.78 is 5.59. The lowest BCUT2D eigenvalue weighted by molar-refractivity contribution is 0.605. The van der Waals surface area contributed by atoms with Gasteiger partial charge in [-0.3, -0.25) is 9.78 Å². The van der Waals surface area contributed by atoms with E-state index in [-0.39, 0.29) is 5.43 Å². The SMILES string of the molecule is O=c1cc(-c2ccncc2)oc2ncccc12. The molecule has 17 heavy (non-hydrogen) atoms. The molecule has 0 radical (unpaired) electrons. The standard InChI is InChI=1S/C13H8N2O2/c16-11-8-12(9-3-6-14-7-4-9)17-13-10(11)2-1-5-15-13/h1-8H. The maximum Gasteiger partial charge on any atom is 0.230 e. The van der Waals surface area contributed by atoms with Crippen molar-refractivity contribution in [2.75, 3.05) is 0 Å². The lowest BCUT2D eigenvalue weighted by Gasteiger charge is -2.01. The zero-order chi connectivity index (χ0) is 11.7. The van der Waals surface area contributed by atoms with Gasteiger partial charge in [0.25, 0.3) is 0 Å². The van der Waals surface area contributed by atoms with Crippen molar-refractivity contribution < 1.29 is 4.42 Å². The minimum absolute atomic E-state index is 0.0915. The summed E-state index contributed by atoms with van der Waals surface area (Å²) in [6, 6.07) is 8.45. The Hall–Kier alpha value is -2.49. The average Bonchev–Trinajstić information content (AvgIpc) is 2.40. The van der Waals surface area contributed by atoms with Gasteiger partial charge in [-0.15, -0.1) is 0 Å². The Morgan fingerprint density at radius 2 is 1.88 bits per heavy atom. The first-order valence-corrected chi connectivity index (χ1v) is 5.14. The first kappa shape index (κ1) is 9.72. The maximum atomic E-state index is 11.9. The Kier molecular flexibility index (Phi) is 2.19. The van der Waals surface area contributed by atoms with Crippen LogP contribution >= 0.6 is 0 Å². The highest BCUT2D eigenvalue weighted by Gasteiger charge is 2.06. The van der Waals surface area contributed by atoms with E-state index in [1.165, 1.54) is 6.07 Å². The van der Waals surface area contributed by atoms with E-state index in [0.29, 0.717) is 16.9 Å². The van der Waals surface area contributed by atoms with Crippen LogP contribution in [0.1, 0.15) is 0 Å². The number of nitrogens with zero attached hydrogens (tertiary/aromatic N) is 2. The largest absolute Gasteiger partial charge is 0.437 e. The molecule has 0 saturated heterocycles. The van der Waals surface area contributed by atoms with Crippen LogP contribution in [-0.4, -0.2) is 9.97 Å². The predicted octanol–water partition coefficient (Wildman–Crippen LogP) is 2.25. The van der Waals surface area contributed by atoms with Crippen LogP contribution in [0.25, 0.3) is 22.4 Å². The Morgan fingerprint density at radius 1 is 1.06 bits per heavy atom. The van der Waals surface area contributed by atoms with Gasteiger partial charge in [0.2, 0.25) is 5.71 Å². The number of hydrogen-bond acceptors (Lipinski definition) is 4. The topological polar surface area (TPSA) is 56.0 Å². The van der Waals surface area contributed by atoms with Gasteiger partial charge >= 0.3 is 0 Å². The van der Waals surface area contributed by atoms with E-state index in [2.05, 4.69) is 9.97 Å². The summed E-state index contributed by atoms with van der Waals surface area (Å²) in [7, 11) is 0. The van der Waals surface area contributed by atoms with Gasteiger partial charge in [-0.25, -0.2) is 4.98 Å². The molecule has 3 heterocycles. The summed E-state index contributed by atoms with van der Waals surface area (Å²) in [6.45, 7) is 0. The highest BCUT2D eigenvalue weighted by atomic mass is 16.3. The summed E-state index contributed by atoms with van der Waals surface area (Å²) in [6.07, 6.45) is 4.90.